The number of amides is 1. The van der Waals surface area contributed by atoms with Crippen molar-refractivity contribution in [2.75, 3.05) is 13.1 Å². The van der Waals surface area contributed by atoms with Gasteiger partial charge in [-0.15, -0.1) is 0 Å². The lowest BCUT2D eigenvalue weighted by Gasteiger charge is -2.17. The van der Waals surface area contributed by atoms with Crippen LogP contribution < -0.4 is 11.1 Å². The van der Waals surface area contributed by atoms with Gasteiger partial charge in [-0.05, 0) is 43.6 Å². The van der Waals surface area contributed by atoms with E-state index in [1.165, 1.54) is 0 Å². The molecular weight excluding hydrogens is 256 g/mol. The standard InChI is InChI=1S/C15H30N2O3/c1-11(2)8-13(10-16)9-14(18)17-7-6-12(3)4-5-15(19)20/h11-13H,4-10,16H2,1-3H3,(H,17,18)(H,19,20)/t12?,13-/m0/s1. The average Bonchev–Trinajstić information content (AvgIpc) is 2.34. The van der Waals surface area contributed by atoms with E-state index < -0.39 is 5.97 Å². The summed E-state index contributed by atoms with van der Waals surface area (Å²) in [6.45, 7) is 7.42. The van der Waals surface area contributed by atoms with Crippen LogP contribution in [0.5, 0.6) is 0 Å². The average molecular weight is 286 g/mol. The molecule has 4 N–H and O–H groups in total. The first kappa shape index (κ1) is 18.9. The van der Waals surface area contributed by atoms with Crippen molar-refractivity contribution in [1.29, 1.82) is 0 Å². The van der Waals surface area contributed by atoms with Crippen molar-refractivity contribution >= 4 is 11.9 Å². The van der Waals surface area contributed by atoms with E-state index >= 15 is 0 Å². The molecule has 0 heterocycles. The number of nitrogens with two attached hydrogens (primary N) is 1. The summed E-state index contributed by atoms with van der Waals surface area (Å²) in [5.74, 6) is 0.395. The fourth-order valence-electron chi connectivity index (χ4n) is 2.24. The first-order valence-corrected chi connectivity index (χ1v) is 7.53. The van der Waals surface area contributed by atoms with E-state index in [1.807, 2.05) is 6.92 Å². The third-order valence-electron chi connectivity index (χ3n) is 3.42. The highest BCUT2D eigenvalue weighted by molar-refractivity contribution is 5.76. The molecule has 0 saturated heterocycles. The molecule has 0 radical (unpaired) electrons. The van der Waals surface area contributed by atoms with Crippen LogP contribution in [0.25, 0.3) is 0 Å². The Morgan fingerprint density at radius 3 is 2.35 bits per heavy atom. The molecule has 0 aromatic rings. The monoisotopic (exact) mass is 286 g/mol. The van der Waals surface area contributed by atoms with Crippen LogP contribution in [-0.4, -0.2) is 30.1 Å². The normalized spacial score (nSPS) is 14.1. The predicted octanol–water partition coefficient (Wildman–Crippen LogP) is 2.00. The molecule has 5 heteroatoms. The Morgan fingerprint density at radius 2 is 1.85 bits per heavy atom. The fraction of sp³-hybridized carbons (Fsp3) is 0.867. The van der Waals surface area contributed by atoms with Gasteiger partial charge in [-0.1, -0.05) is 20.8 Å². The van der Waals surface area contributed by atoms with Gasteiger partial charge >= 0.3 is 5.97 Å². The number of rotatable bonds is 11. The lowest BCUT2D eigenvalue weighted by atomic mass is 9.94. The topological polar surface area (TPSA) is 92.4 Å². The van der Waals surface area contributed by atoms with Gasteiger partial charge in [0.25, 0.3) is 0 Å². The van der Waals surface area contributed by atoms with Crippen molar-refractivity contribution in [3.63, 3.8) is 0 Å². The molecule has 0 spiro atoms. The smallest absolute Gasteiger partial charge is 0.303 e. The second-order valence-electron chi connectivity index (χ2n) is 6.11. The molecule has 0 aliphatic carbocycles. The van der Waals surface area contributed by atoms with Crippen LogP contribution in [0.2, 0.25) is 0 Å². The minimum Gasteiger partial charge on any atom is -0.481 e. The molecular formula is C15H30N2O3. The number of aliphatic carboxylic acids is 1. The van der Waals surface area contributed by atoms with Crippen LogP contribution in [0, 0.1) is 17.8 Å². The summed E-state index contributed by atoms with van der Waals surface area (Å²) in [5, 5.41) is 11.5. The lowest BCUT2D eigenvalue weighted by molar-refractivity contribution is -0.137. The summed E-state index contributed by atoms with van der Waals surface area (Å²) in [4.78, 5) is 22.2. The van der Waals surface area contributed by atoms with Crippen LogP contribution in [-0.2, 0) is 9.59 Å². The number of nitrogens with one attached hydrogen (secondary N) is 1. The Bertz CT molecular complexity index is 293. The number of carboxylic acids is 1. The predicted molar refractivity (Wildman–Crippen MR) is 80.3 cm³/mol. The Labute approximate surface area is 122 Å². The maximum atomic E-state index is 11.8. The SMILES string of the molecule is CC(C)C[C@H](CN)CC(=O)NCCC(C)CCC(=O)O. The van der Waals surface area contributed by atoms with E-state index in [4.69, 9.17) is 10.8 Å². The van der Waals surface area contributed by atoms with Crippen molar-refractivity contribution in [3.05, 3.63) is 0 Å². The zero-order chi connectivity index (χ0) is 15.5. The van der Waals surface area contributed by atoms with Crippen molar-refractivity contribution in [2.24, 2.45) is 23.5 Å². The van der Waals surface area contributed by atoms with Crippen LogP contribution in [0.1, 0.15) is 52.9 Å². The quantitative estimate of drug-likeness (QED) is 0.541. The van der Waals surface area contributed by atoms with Gasteiger partial charge in [-0.2, -0.15) is 0 Å². The molecule has 0 aromatic carbocycles. The molecule has 0 aliphatic rings. The van der Waals surface area contributed by atoms with Crippen molar-refractivity contribution < 1.29 is 14.7 Å². The van der Waals surface area contributed by atoms with Crippen LogP contribution in [0.15, 0.2) is 0 Å². The number of hydrogen-bond donors (Lipinski definition) is 3. The summed E-state index contributed by atoms with van der Waals surface area (Å²) in [6, 6.07) is 0. The lowest BCUT2D eigenvalue weighted by Crippen LogP contribution is -2.30. The molecule has 0 rings (SSSR count). The van der Waals surface area contributed by atoms with Gasteiger partial charge in [0.1, 0.15) is 0 Å². The van der Waals surface area contributed by atoms with Gasteiger partial charge in [0, 0.05) is 19.4 Å². The van der Waals surface area contributed by atoms with Gasteiger partial charge in [-0.25, -0.2) is 0 Å². The van der Waals surface area contributed by atoms with E-state index in [9.17, 15) is 9.59 Å². The first-order chi connectivity index (χ1) is 9.35. The van der Waals surface area contributed by atoms with E-state index in [0.29, 0.717) is 37.8 Å². The first-order valence-electron chi connectivity index (χ1n) is 7.53. The summed E-state index contributed by atoms with van der Waals surface area (Å²) in [5.41, 5.74) is 5.68. The van der Waals surface area contributed by atoms with Gasteiger partial charge < -0.3 is 16.2 Å². The minimum atomic E-state index is -0.764. The van der Waals surface area contributed by atoms with E-state index in [1.54, 1.807) is 0 Å². The molecule has 20 heavy (non-hydrogen) atoms. The molecule has 0 bridgehead atoms. The third-order valence-corrected chi connectivity index (χ3v) is 3.42. The Kier molecular flexibility index (Phi) is 10.1. The Balaban J connectivity index is 3.78. The Morgan fingerprint density at radius 1 is 1.20 bits per heavy atom. The fourth-order valence-corrected chi connectivity index (χ4v) is 2.24. The van der Waals surface area contributed by atoms with E-state index in [2.05, 4.69) is 19.2 Å². The van der Waals surface area contributed by atoms with Crippen molar-refractivity contribution in [2.45, 2.75) is 52.9 Å². The number of hydrogen-bond acceptors (Lipinski definition) is 3. The van der Waals surface area contributed by atoms with Gasteiger partial charge in [-0.3, -0.25) is 9.59 Å². The molecule has 0 fully saturated rings. The van der Waals surface area contributed by atoms with E-state index in [0.717, 1.165) is 12.8 Å². The number of carbonyl (C=O) groups is 2. The molecule has 0 aromatic heterocycles. The zero-order valence-corrected chi connectivity index (χ0v) is 13.0. The Hall–Kier alpha value is -1.10. The highest BCUT2D eigenvalue weighted by atomic mass is 16.4. The molecule has 1 amide bonds. The molecule has 0 saturated carbocycles. The highest BCUT2D eigenvalue weighted by Crippen LogP contribution is 2.14. The summed E-state index contributed by atoms with van der Waals surface area (Å²) < 4.78 is 0. The maximum Gasteiger partial charge on any atom is 0.303 e. The summed E-state index contributed by atoms with van der Waals surface area (Å²) in [7, 11) is 0. The van der Waals surface area contributed by atoms with Crippen LogP contribution in [0.4, 0.5) is 0 Å². The largest absolute Gasteiger partial charge is 0.481 e. The molecule has 2 atom stereocenters. The van der Waals surface area contributed by atoms with Crippen molar-refractivity contribution in [3.8, 4) is 0 Å². The second-order valence-corrected chi connectivity index (χ2v) is 6.11. The van der Waals surface area contributed by atoms with Crippen LogP contribution >= 0.6 is 0 Å². The van der Waals surface area contributed by atoms with Crippen LogP contribution in [0.3, 0.4) is 0 Å². The van der Waals surface area contributed by atoms with Gasteiger partial charge in [0.15, 0.2) is 0 Å². The molecule has 0 aliphatic heterocycles. The maximum absolute atomic E-state index is 11.8. The minimum absolute atomic E-state index is 0.0477. The second kappa shape index (κ2) is 10.7. The highest BCUT2D eigenvalue weighted by Gasteiger charge is 2.14. The molecule has 5 nitrogen and oxygen atoms in total. The summed E-state index contributed by atoms with van der Waals surface area (Å²) >= 11 is 0. The van der Waals surface area contributed by atoms with Crippen molar-refractivity contribution in [1.82, 2.24) is 5.32 Å². The third kappa shape index (κ3) is 10.8. The van der Waals surface area contributed by atoms with Gasteiger partial charge in [0.05, 0.1) is 0 Å². The number of carbonyl (C=O) groups excluding carboxylic acids is 1. The molecule has 1 unspecified atom stereocenters. The molecule has 118 valence electrons. The number of carboxylic acid groups (broad SMARTS) is 1. The van der Waals surface area contributed by atoms with E-state index in [-0.39, 0.29) is 18.2 Å². The zero-order valence-electron chi connectivity index (χ0n) is 13.0. The van der Waals surface area contributed by atoms with Gasteiger partial charge in [0.2, 0.25) is 5.91 Å². The summed E-state index contributed by atoms with van der Waals surface area (Å²) in [6.07, 6.45) is 3.12.